The second-order valence-corrected chi connectivity index (χ2v) is 5.13. The molecule has 1 saturated heterocycles. The molecule has 3 rings (SSSR count). The second-order valence-electron chi connectivity index (χ2n) is 4.76. The van der Waals surface area contributed by atoms with Crippen LogP contribution in [0.15, 0.2) is 35.0 Å². The fourth-order valence-electron chi connectivity index (χ4n) is 2.30. The van der Waals surface area contributed by atoms with Gasteiger partial charge < -0.3 is 14.1 Å². The van der Waals surface area contributed by atoms with Crippen molar-refractivity contribution in [2.45, 2.75) is 18.9 Å². The van der Waals surface area contributed by atoms with Gasteiger partial charge in [-0.05, 0) is 42.6 Å². The topological polar surface area (TPSA) is 68.5 Å². The van der Waals surface area contributed by atoms with Crippen molar-refractivity contribution in [3.8, 4) is 0 Å². The number of anilines is 1. The zero-order valence-electron chi connectivity index (χ0n) is 11.2. The molecule has 0 bridgehead atoms. The van der Waals surface area contributed by atoms with Crippen LogP contribution in [0, 0.1) is 0 Å². The first-order valence-electron chi connectivity index (χ1n) is 6.69. The summed E-state index contributed by atoms with van der Waals surface area (Å²) in [5.41, 5.74) is 0.651. The van der Waals surface area contributed by atoms with Gasteiger partial charge in [0.25, 0.3) is 5.91 Å². The lowest BCUT2D eigenvalue weighted by Gasteiger charge is -2.24. The largest absolute Gasteiger partial charge is 0.440 e. The number of nitrogens with zero attached hydrogens (tertiary/aromatic N) is 3. The third kappa shape index (κ3) is 3.22. The molecule has 0 aromatic carbocycles. The molecule has 0 spiro atoms. The first-order chi connectivity index (χ1) is 10.2. The Kier molecular flexibility index (Phi) is 4.17. The maximum Gasteiger partial charge on any atom is 0.294 e. The van der Waals surface area contributed by atoms with Crippen LogP contribution in [0.3, 0.4) is 0 Å². The van der Waals surface area contributed by atoms with Gasteiger partial charge in [-0.3, -0.25) is 4.79 Å². The van der Waals surface area contributed by atoms with Crippen LogP contribution in [-0.2, 0) is 4.74 Å². The van der Waals surface area contributed by atoms with E-state index in [0.29, 0.717) is 12.2 Å². The van der Waals surface area contributed by atoms with Crippen LogP contribution in [-0.4, -0.2) is 35.4 Å². The lowest BCUT2D eigenvalue weighted by Crippen LogP contribution is -2.37. The van der Waals surface area contributed by atoms with Crippen LogP contribution >= 0.6 is 11.6 Å². The van der Waals surface area contributed by atoms with E-state index in [0.717, 1.165) is 19.4 Å². The number of hydrogen-bond acceptors (Lipinski definition) is 5. The van der Waals surface area contributed by atoms with Crippen molar-refractivity contribution < 1.29 is 13.9 Å². The zero-order valence-corrected chi connectivity index (χ0v) is 12.0. The molecule has 0 aliphatic carbocycles. The predicted octanol–water partition coefficient (Wildman–Crippen LogP) is 2.55. The highest BCUT2D eigenvalue weighted by atomic mass is 35.5. The average molecular weight is 308 g/mol. The van der Waals surface area contributed by atoms with Crippen molar-refractivity contribution in [1.82, 2.24) is 10.2 Å². The molecule has 2 aromatic heterocycles. The summed E-state index contributed by atoms with van der Waals surface area (Å²) in [4.78, 5) is 14.2. The SMILES string of the molecule is O=C(c1ccc(Cl)o1)N(CC1CCCO1)c1ccnnc1. The quantitative estimate of drug-likeness (QED) is 0.868. The summed E-state index contributed by atoms with van der Waals surface area (Å²) in [6.45, 7) is 1.18. The number of ether oxygens (including phenoxy) is 1. The maximum atomic E-state index is 12.6. The fraction of sp³-hybridized carbons (Fsp3) is 0.357. The lowest BCUT2D eigenvalue weighted by atomic mass is 10.2. The van der Waals surface area contributed by atoms with E-state index in [1.54, 1.807) is 29.3 Å². The average Bonchev–Trinajstić information content (AvgIpc) is 3.16. The van der Waals surface area contributed by atoms with Gasteiger partial charge in [0.05, 0.1) is 30.7 Å². The molecule has 2 aromatic rings. The molecule has 1 fully saturated rings. The van der Waals surface area contributed by atoms with Crippen LogP contribution in [0.25, 0.3) is 0 Å². The number of halogens is 1. The van der Waals surface area contributed by atoms with E-state index in [9.17, 15) is 4.79 Å². The molecule has 6 nitrogen and oxygen atoms in total. The van der Waals surface area contributed by atoms with Gasteiger partial charge in [-0.25, -0.2) is 0 Å². The monoisotopic (exact) mass is 307 g/mol. The van der Waals surface area contributed by atoms with Crippen LogP contribution in [0.1, 0.15) is 23.4 Å². The van der Waals surface area contributed by atoms with E-state index in [1.165, 1.54) is 6.20 Å². The molecule has 1 unspecified atom stereocenters. The van der Waals surface area contributed by atoms with Crippen LogP contribution in [0.5, 0.6) is 0 Å². The first-order valence-corrected chi connectivity index (χ1v) is 7.07. The number of carbonyl (C=O) groups excluding carboxylic acids is 1. The van der Waals surface area contributed by atoms with E-state index in [4.69, 9.17) is 20.8 Å². The predicted molar refractivity (Wildman–Crippen MR) is 76.4 cm³/mol. The third-order valence-electron chi connectivity index (χ3n) is 3.32. The molecule has 1 atom stereocenters. The minimum Gasteiger partial charge on any atom is -0.440 e. The summed E-state index contributed by atoms with van der Waals surface area (Å²) in [5, 5.41) is 7.74. The Morgan fingerprint density at radius 2 is 2.29 bits per heavy atom. The van der Waals surface area contributed by atoms with Crippen molar-refractivity contribution in [3.05, 3.63) is 41.6 Å². The molecule has 0 radical (unpaired) electrons. The maximum absolute atomic E-state index is 12.6. The molecule has 0 N–H and O–H groups in total. The minimum atomic E-state index is -0.273. The second kappa shape index (κ2) is 6.24. The summed E-state index contributed by atoms with van der Waals surface area (Å²) >= 11 is 5.74. The van der Waals surface area contributed by atoms with E-state index in [-0.39, 0.29) is 23.0 Å². The van der Waals surface area contributed by atoms with Crippen molar-refractivity contribution in [2.75, 3.05) is 18.1 Å². The van der Waals surface area contributed by atoms with Gasteiger partial charge in [0, 0.05) is 6.61 Å². The fourth-order valence-corrected chi connectivity index (χ4v) is 2.45. The van der Waals surface area contributed by atoms with E-state index < -0.39 is 0 Å². The number of amides is 1. The van der Waals surface area contributed by atoms with Crippen molar-refractivity contribution in [2.24, 2.45) is 0 Å². The van der Waals surface area contributed by atoms with Crippen LogP contribution < -0.4 is 4.90 Å². The van der Waals surface area contributed by atoms with Gasteiger partial charge in [-0.2, -0.15) is 10.2 Å². The minimum absolute atomic E-state index is 0.0209. The van der Waals surface area contributed by atoms with Gasteiger partial charge in [-0.15, -0.1) is 0 Å². The molecule has 1 aliphatic heterocycles. The molecule has 110 valence electrons. The smallest absolute Gasteiger partial charge is 0.294 e. The molecule has 3 heterocycles. The lowest BCUT2D eigenvalue weighted by molar-refractivity contribution is 0.0895. The summed E-state index contributed by atoms with van der Waals surface area (Å²) in [7, 11) is 0. The Bertz CT molecular complexity index is 611. The molecule has 1 aliphatic rings. The Morgan fingerprint density at radius 1 is 1.38 bits per heavy atom. The molecular formula is C14H14ClN3O3. The third-order valence-corrected chi connectivity index (χ3v) is 3.52. The number of hydrogen-bond donors (Lipinski definition) is 0. The Labute approximate surface area is 126 Å². The van der Waals surface area contributed by atoms with Crippen molar-refractivity contribution in [3.63, 3.8) is 0 Å². The Morgan fingerprint density at radius 3 is 2.90 bits per heavy atom. The normalized spacial score (nSPS) is 17.9. The molecular weight excluding hydrogens is 294 g/mol. The highest BCUT2D eigenvalue weighted by Crippen LogP contribution is 2.22. The molecule has 1 amide bonds. The summed E-state index contributed by atoms with van der Waals surface area (Å²) in [5.74, 6) is -0.0831. The number of rotatable bonds is 4. The Hall–Kier alpha value is -1.92. The van der Waals surface area contributed by atoms with E-state index in [2.05, 4.69) is 10.2 Å². The zero-order chi connectivity index (χ0) is 14.7. The summed E-state index contributed by atoms with van der Waals surface area (Å²) < 4.78 is 10.8. The highest BCUT2D eigenvalue weighted by Gasteiger charge is 2.26. The summed E-state index contributed by atoms with van der Waals surface area (Å²) in [6.07, 6.45) is 5.04. The number of aromatic nitrogens is 2. The summed E-state index contributed by atoms with van der Waals surface area (Å²) in [6, 6.07) is 4.83. The van der Waals surface area contributed by atoms with E-state index in [1.807, 2.05) is 0 Å². The van der Waals surface area contributed by atoms with Gasteiger partial charge in [-0.1, -0.05) is 0 Å². The first kappa shape index (κ1) is 14.0. The van der Waals surface area contributed by atoms with Gasteiger partial charge in [0.2, 0.25) is 0 Å². The molecule has 7 heteroatoms. The van der Waals surface area contributed by atoms with Crippen LogP contribution in [0.2, 0.25) is 5.22 Å². The van der Waals surface area contributed by atoms with Crippen molar-refractivity contribution >= 4 is 23.2 Å². The standard InChI is InChI=1S/C14H14ClN3O3/c15-13-4-3-12(21-13)14(19)18(9-11-2-1-7-20-11)10-5-6-16-17-8-10/h3-6,8,11H,1-2,7,9H2. The number of carbonyl (C=O) groups is 1. The van der Waals surface area contributed by atoms with E-state index >= 15 is 0 Å². The van der Waals surface area contributed by atoms with Crippen molar-refractivity contribution in [1.29, 1.82) is 0 Å². The van der Waals surface area contributed by atoms with Crippen LogP contribution in [0.4, 0.5) is 5.69 Å². The Balaban J connectivity index is 1.86. The molecule has 21 heavy (non-hydrogen) atoms. The van der Waals surface area contributed by atoms with Gasteiger partial charge in [0.15, 0.2) is 11.0 Å². The number of furan rings is 1. The van der Waals surface area contributed by atoms with Gasteiger partial charge >= 0.3 is 0 Å². The highest BCUT2D eigenvalue weighted by molar-refractivity contribution is 6.29. The van der Waals surface area contributed by atoms with Gasteiger partial charge in [0.1, 0.15) is 0 Å². The molecule has 0 saturated carbocycles.